The van der Waals surface area contributed by atoms with Crippen LogP contribution in [-0.4, -0.2) is 5.21 Å². The largest absolute Gasteiger partial charge is 0.301 e. The summed E-state index contributed by atoms with van der Waals surface area (Å²) < 4.78 is 0. The van der Waals surface area contributed by atoms with E-state index in [1.807, 2.05) is 0 Å². The van der Waals surface area contributed by atoms with Crippen LogP contribution in [-0.2, 0) is 0 Å². The molecule has 0 atom stereocenters. The monoisotopic (exact) mass is 231 g/mol. The van der Waals surface area contributed by atoms with Crippen molar-refractivity contribution in [1.82, 2.24) is 5.00 Å². The van der Waals surface area contributed by atoms with Gasteiger partial charge in [-0.3, -0.25) is 0 Å². The van der Waals surface area contributed by atoms with Crippen LogP contribution >= 0.6 is 11.8 Å². The first kappa shape index (κ1) is 9.08. The summed E-state index contributed by atoms with van der Waals surface area (Å²) >= 11 is 4.30. The van der Waals surface area contributed by atoms with E-state index in [2.05, 4.69) is 11.8 Å². The summed E-state index contributed by atoms with van der Waals surface area (Å²) in [5, 5.41) is 7.08. The van der Waals surface area contributed by atoms with Gasteiger partial charge >= 0.3 is 0 Å². The maximum Gasteiger partial charge on any atom is 0.00268 e. The Morgan fingerprint density at radius 1 is 1.75 bits per heavy atom. The molecule has 0 heterocycles. The molecular formula is H2ClDyNO. The van der Waals surface area contributed by atoms with E-state index in [1.165, 1.54) is 5.00 Å². The second-order valence-corrected chi connectivity index (χ2v) is 0.254. The molecule has 0 saturated heterocycles. The Hall–Kier alpha value is 1.48. The second kappa shape index (κ2) is 8.82. The van der Waals surface area contributed by atoms with Gasteiger partial charge in [-0.25, -0.2) is 0 Å². The molecule has 0 aliphatic carbocycles. The van der Waals surface area contributed by atoms with Gasteiger partial charge in [0.25, 0.3) is 0 Å². The van der Waals surface area contributed by atoms with Crippen molar-refractivity contribution in [3.05, 3.63) is 0 Å². The van der Waals surface area contributed by atoms with Crippen molar-refractivity contribution in [2.75, 3.05) is 0 Å². The molecular weight excluding hydrogens is 228 g/mol. The average molecular weight is 230 g/mol. The molecule has 0 spiro atoms. The Labute approximate surface area is 59.6 Å². The van der Waals surface area contributed by atoms with E-state index in [0.717, 1.165) is 0 Å². The average Bonchev–Trinajstić information content (AvgIpc) is 0.918. The smallest absolute Gasteiger partial charge is 0.00268 e. The van der Waals surface area contributed by atoms with Crippen molar-refractivity contribution in [3.8, 4) is 0 Å². The van der Waals surface area contributed by atoms with Crippen molar-refractivity contribution >= 4 is 11.8 Å². The Morgan fingerprint density at radius 2 is 1.75 bits per heavy atom. The first-order chi connectivity index (χ1) is 1.41. The van der Waals surface area contributed by atoms with Crippen LogP contribution in [0.4, 0.5) is 0 Å². The van der Waals surface area contributed by atoms with Gasteiger partial charge in [0.05, 0.1) is 0 Å². The van der Waals surface area contributed by atoms with Crippen molar-refractivity contribution in [3.63, 3.8) is 0 Å². The van der Waals surface area contributed by atoms with E-state index in [4.69, 9.17) is 5.21 Å². The zero-order valence-corrected chi connectivity index (χ0v) is 4.43. The fraction of sp³-hybridized carbons (Fsp3) is 0. The summed E-state index contributed by atoms with van der Waals surface area (Å²) in [6, 6.07) is 0. The van der Waals surface area contributed by atoms with Crippen molar-refractivity contribution in [2.45, 2.75) is 0 Å². The predicted octanol–water partition coefficient (Wildman–Crippen LogP) is 0.119. The number of hydrogen-bond acceptors (Lipinski definition) is 2. The molecule has 0 unspecified atom stereocenters. The van der Waals surface area contributed by atoms with Gasteiger partial charge in [-0.1, -0.05) is 0 Å². The van der Waals surface area contributed by atoms with Gasteiger partial charge in [0.1, 0.15) is 0 Å². The maximum atomic E-state index is 7.08. The topological polar surface area (TPSA) is 32.3 Å². The molecule has 2 N–H and O–H groups in total. The zero-order valence-electron chi connectivity index (χ0n) is 1.64. The molecule has 0 aliphatic rings. The minimum atomic E-state index is 0. The van der Waals surface area contributed by atoms with Crippen LogP contribution in [0, 0.1) is 38.2 Å². The molecule has 30 valence electrons. The molecule has 0 rings (SSSR count). The van der Waals surface area contributed by atoms with Crippen molar-refractivity contribution in [2.24, 2.45) is 0 Å². The minimum Gasteiger partial charge on any atom is -0.301 e. The fourth-order valence-electron chi connectivity index (χ4n) is 0. The second-order valence-electron chi connectivity index (χ2n) is 0.0845. The molecule has 4 heavy (non-hydrogen) atoms. The predicted molar refractivity (Wildman–Crippen MR) is 10.8 cm³/mol. The van der Waals surface area contributed by atoms with E-state index in [0.29, 0.717) is 0 Å². The van der Waals surface area contributed by atoms with Crippen LogP contribution in [0.5, 0.6) is 0 Å². The van der Waals surface area contributed by atoms with Crippen LogP contribution in [0.3, 0.4) is 0 Å². The molecule has 2 nitrogen and oxygen atoms in total. The molecule has 0 amide bonds. The number of nitrogens with one attached hydrogen (secondary N) is 1. The van der Waals surface area contributed by atoms with Gasteiger partial charge < -0.3 is 5.21 Å². The van der Waals surface area contributed by atoms with Gasteiger partial charge in [0.2, 0.25) is 0 Å². The Bertz CT molecular complexity index is 8.00. The van der Waals surface area contributed by atoms with Gasteiger partial charge in [-0.05, 0) is 0 Å². The van der Waals surface area contributed by atoms with Crippen LogP contribution in [0.15, 0.2) is 0 Å². The molecule has 0 aromatic carbocycles. The third-order valence-electron chi connectivity index (χ3n) is 0. The van der Waals surface area contributed by atoms with Gasteiger partial charge in [-0.15, -0.1) is 5.00 Å². The Balaban J connectivity index is 0. The van der Waals surface area contributed by atoms with Gasteiger partial charge in [0, 0.05) is 50.0 Å². The first-order valence-electron chi connectivity index (χ1n) is 0.413. The number of hydrogen-bond donors (Lipinski definition) is 2. The quantitative estimate of drug-likeness (QED) is 0.457. The minimum absolute atomic E-state index is 0. The van der Waals surface area contributed by atoms with E-state index >= 15 is 0 Å². The third kappa shape index (κ3) is 9.76. The van der Waals surface area contributed by atoms with E-state index in [1.54, 1.807) is 0 Å². The molecule has 0 fully saturated rings. The first-order valence-corrected chi connectivity index (χ1v) is 0.791. The zero-order chi connectivity index (χ0) is 2.71. The molecule has 0 aliphatic heterocycles. The number of rotatable bonds is 0. The summed E-state index contributed by atoms with van der Waals surface area (Å²) in [5.74, 6) is 0. The normalized spacial score (nSPS) is 4.50. The van der Waals surface area contributed by atoms with Gasteiger partial charge in [-0.2, -0.15) is 0 Å². The molecule has 0 saturated carbocycles. The summed E-state index contributed by atoms with van der Waals surface area (Å²) in [7, 11) is 0. The van der Waals surface area contributed by atoms with E-state index < -0.39 is 0 Å². The summed E-state index contributed by atoms with van der Waals surface area (Å²) in [6.45, 7) is 0. The molecule has 0 aromatic heterocycles. The Morgan fingerprint density at radius 3 is 1.75 bits per heavy atom. The fourth-order valence-corrected chi connectivity index (χ4v) is 0. The standard InChI is InChI=1S/ClH2NO.Dy/c1-2-3;/h2-3H;. The molecule has 0 bridgehead atoms. The van der Waals surface area contributed by atoms with Crippen molar-refractivity contribution < 1.29 is 43.4 Å². The molecule has 4 heteroatoms. The van der Waals surface area contributed by atoms with Crippen LogP contribution in [0.2, 0.25) is 0 Å². The summed E-state index contributed by atoms with van der Waals surface area (Å²) in [4.78, 5) is 1.22. The third-order valence-corrected chi connectivity index (χ3v) is 0. The SMILES string of the molecule is ONCl.[Dy]. The van der Waals surface area contributed by atoms with Gasteiger partial charge in [0.15, 0.2) is 0 Å². The summed E-state index contributed by atoms with van der Waals surface area (Å²) in [5.41, 5.74) is 0. The van der Waals surface area contributed by atoms with Crippen LogP contribution in [0.25, 0.3) is 0 Å². The van der Waals surface area contributed by atoms with E-state index in [9.17, 15) is 0 Å². The van der Waals surface area contributed by atoms with E-state index in [-0.39, 0.29) is 38.2 Å². The molecule has 0 aromatic rings. The maximum absolute atomic E-state index is 7.08. The van der Waals surface area contributed by atoms with Crippen LogP contribution < -0.4 is 5.00 Å². The Kier molecular flexibility index (Phi) is 20.0. The summed E-state index contributed by atoms with van der Waals surface area (Å²) in [6.07, 6.45) is 0. The molecule has 0 radical (unpaired) electrons. The number of halogens is 1. The van der Waals surface area contributed by atoms with Crippen LogP contribution in [0.1, 0.15) is 0 Å². The van der Waals surface area contributed by atoms with Crippen molar-refractivity contribution in [1.29, 1.82) is 0 Å².